The SMILES string of the molecule is CN=C(N)NCc1c(CCC2=CNC(N)C=C2)cc2c(c1O)C(=O)c1c(OC3OC(O)(CO)C(O)(CC(CN4C(=O)C=CC4=O)C4=CCNC(N)=C4)C(O)C3O)cc(OC)c(CO)c1C2=O. The number of phenols is 1. The summed E-state index contributed by atoms with van der Waals surface area (Å²) in [5.41, 5.74) is 14.9. The van der Waals surface area contributed by atoms with Crippen molar-refractivity contribution >= 4 is 29.3 Å². The summed E-state index contributed by atoms with van der Waals surface area (Å²) >= 11 is 0. The lowest BCUT2D eigenvalue weighted by molar-refractivity contribution is -0.420. The van der Waals surface area contributed by atoms with Crippen LogP contribution in [0.5, 0.6) is 17.2 Å². The zero-order valence-corrected chi connectivity index (χ0v) is 35.9. The Morgan fingerprint density at radius 3 is 2.38 bits per heavy atom. The molecular weight excluding hydrogens is 865 g/mol. The molecule has 0 saturated carbocycles. The van der Waals surface area contributed by atoms with E-state index >= 15 is 0 Å². The van der Waals surface area contributed by atoms with Crippen molar-refractivity contribution in [1.29, 1.82) is 0 Å². The molecule has 2 aromatic rings. The van der Waals surface area contributed by atoms with E-state index in [1.807, 2.05) is 6.08 Å². The molecule has 0 spiro atoms. The summed E-state index contributed by atoms with van der Waals surface area (Å²) in [5, 5.41) is 89.5. The third-order valence-corrected chi connectivity index (χ3v) is 12.3. The number of nitrogens with two attached hydrogens (primary N) is 3. The van der Waals surface area contributed by atoms with Gasteiger partial charge in [0.15, 0.2) is 11.7 Å². The highest BCUT2D eigenvalue weighted by Crippen LogP contribution is 2.47. The minimum Gasteiger partial charge on any atom is -0.507 e. The predicted molar refractivity (Wildman–Crippen MR) is 232 cm³/mol. The molecule has 22 nitrogen and oxygen atoms in total. The number of carbonyl (C=O) groups excluding carboxylic acids is 4. The largest absolute Gasteiger partial charge is 0.507 e. The number of methoxy groups -OCH3 is 1. The highest BCUT2D eigenvalue weighted by atomic mass is 16.8. The van der Waals surface area contributed by atoms with Gasteiger partial charge in [-0.25, -0.2) is 0 Å². The molecule has 1 aliphatic carbocycles. The molecule has 4 aliphatic heterocycles. The van der Waals surface area contributed by atoms with E-state index in [1.54, 1.807) is 18.4 Å². The molecule has 16 N–H and O–H groups in total. The van der Waals surface area contributed by atoms with Gasteiger partial charge in [-0.1, -0.05) is 12.2 Å². The molecule has 7 atom stereocenters. The molecule has 4 heterocycles. The van der Waals surface area contributed by atoms with E-state index in [9.17, 15) is 54.9 Å². The van der Waals surface area contributed by atoms with Gasteiger partial charge in [-0.2, -0.15) is 0 Å². The Hall–Kier alpha value is -6.63. The van der Waals surface area contributed by atoms with Crippen LogP contribution in [-0.2, 0) is 33.9 Å². The molecule has 7 rings (SSSR count). The Kier molecular flexibility index (Phi) is 13.4. The number of aliphatic hydroxyl groups is 6. The fourth-order valence-electron chi connectivity index (χ4n) is 8.72. The topological polar surface area (TPSA) is 367 Å². The smallest absolute Gasteiger partial charge is 0.253 e. The fourth-order valence-corrected chi connectivity index (χ4v) is 8.72. The van der Waals surface area contributed by atoms with Gasteiger partial charge < -0.3 is 83.1 Å². The second kappa shape index (κ2) is 18.7. The van der Waals surface area contributed by atoms with Crippen LogP contribution >= 0.6 is 0 Å². The number of aliphatic hydroxyl groups excluding tert-OH is 4. The average Bonchev–Trinajstić information content (AvgIpc) is 3.62. The second-order valence-electron chi connectivity index (χ2n) is 16.3. The predicted octanol–water partition coefficient (Wildman–Crippen LogP) is -2.91. The van der Waals surface area contributed by atoms with Crippen molar-refractivity contribution in [2.24, 2.45) is 28.1 Å². The standard InChI is InChI=1S/C44H52N8O14/c1-48-42(47)51-16-25-22(5-3-20-4-6-29(45)50-15-20)11-24-34(37(25)58)38(59)35-28(13-27(64-2)26(18-53)33(35)36(24)57)65-41-39(60)40(61)43(62,44(63,19-54)66-41)14-23(21-9-10-49-30(46)12-21)17-52-31(55)7-8-32(52)56/h4,6-9,11-13,15,23,29,39-41,49-50,53-54,58,60-63H,3,5,10,14,16-19,45-46H2,1-2H3,(H3,47,48,51). The van der Waals surface area contributed by atoms with Gasteiger partial charge in [0.2, 0.25) is 17.9 Å². The van der Waals surface area contributed by atoms with E-state index in [1.165, 1.54) is 26.3 Å². The highest BCUT2D eigenvalue weighted by Gasteiger charge is 2.65. The lowest BCUT2D eigenvalue weighted by atomic mass is 9.73. The number of aryl methyl sites for hydroxylation is 1. The number of carbonyl (C=O) groups is 4. The van der Waals surface area contributed by atoms with Crippen LogP contribution in [0, 0.1) is 5.92 Å². The Balaban J connectivity index is 1.26. The third-order valence-electron chi connectivity index (χ3n) is 12.3. The number of hydrogen-bond donors (Lipinski definition) is 13. The van der Waals surface area contributed by atoms with Crippen LogP contribution in [0.15, 0.2) is 76.7 Å². The fraction of sp³-hybridized carbons (Fsp3) is 0.386. The maximum atomic E-state index is 14.8. The van der Waals surface area contributed by atoms with Crippen LogP contribution in [0.2, 0.25) is 0 Å². The number of ether oxygens (including phenoxy) is 3. The monoisotopic (exact) mass is 916 g/mol. The molecule has 7 unspecified atom stereocenters. The van der Waals surface area contributed by atoms with E-state index in [-0.39, 0.29) is 59.9 Å². The number of imide groups is 1. The van der Waals surface area contributed by atoms with Crippen molar-refractivity contribution in [3.63, 3.8) is 0 Å². The van der Waals surface area contributed by atoms with Gasteiger partial charge in [-0.15, -0.1) is 0 Å². The van der Waals surface area contributed by atoms with E-state index < -0.39 is 114 Å². The number of benzene rings is 2. The van der Waals surface area contributed by atoms with Crippen molar-refractivity contribution in [2.45, 2.75) is 68.5 Å². The van der Waals surface area contributed by atoms with Gasteiger partial charge in [-0.05, 0) is 54.2 Å². The molecule has 1 fully saturated rings. The maximum Gasteiger partial charge on any atom is 0.253 e. The summed E-state index contributed by atoms with van der Waals surface area (Å²) in [6, 6.07) is 2.53. The van der Waals surface area contributed by atoms with Crippen molar-refractivity contribution in [1.82, 2.24) is 20.9 Å². The zero-order valence-electron chi connectivity index (χ0n) is 35.9. The van der Waals surface area contributed by atoms with Crippen LogP contribution in [0.4, 0.5) is 0 Å². The molecule has 22 heteroatoms. The lowest BCUT2D eigenvalue weighted by Gasteiger charge is -2.53. The first-order valence-electron chi connectivity index (χ1n) is 20.8. The summed E-state index contributed by atoms with van der Waals surface area (Å²) in [4.78, 5) is 59.5. The van der Waals surface area contributed by atoms with Crippen molar-refractivity contribution in [3.8, 4) is 17.2 Å². The number of nitrogens with one attached hydrogen (secondary N) is 3. The van der Waals surface area contributed by atoms with Gasteiger partial charge in [0.1, 0.15) is 41.7 Å². The number of rotatable bonds is 15. The molecule has 0 radical (unpaired) electrons. The minimum atomic E-state index is -3.18. The van der Waals surface area contributed by atoms with Crippen molar-refractivity contribution < 1.29 is 69.1 Å². The van der Waals surface area contributed by atoms with Gasteiger partial charge >= 0.3 is 0 Å². The number of nitrogens with zero attached hydrogens (tertiary/aromatic N) is 2. The molecule has 1 saturated heterocycles. The van der Waals surface area contributed by atoms with Gasteiger partial charge in [0, 0.05) is 79.3 Å². The van der Waals surface area contributed by atoms with Crippen LogP contribution in [0.3, 0.4) is 0 Å². The summed E-state index contributed by atoms with van der Waals surface area (Å²) in [7, 11) is 2.64. The number of guanidine groups is 1. The van der Waals surface area contributed by atoms with Gasteiger partial charge in [-0.3, -0.25) is 29.1 Å². The van der Waals surface area contributed by atoms with Crippen molar-refractivity contribution in [2.75, 3.05) is 33.9 Å². The quantitative estimate of drug-likeness (QED) is 0.0413. The van der Waals surface area contributed by atoms with Crippen LogP contribution in [0.25, 0.3) is 0 Å². The first-order chi connectivity index (χ1) is 31.4. The lowest BCUT2D eigenvalue weighted by Crippen LogP contribution is -2.75. The summed E-state index contributed by atoms with van der Waals surface area (Å²) in [6.45, 7) is -2.62. The number of phenolic OH excluding ortho intramolecular Hbond substituents is 1. The van der Waals surface area contributed by atoms with E-state index in [4.69, 9.17) is 31.4 Å². The zero-order chi connectivity index (χ0) is 47.8. The highest BCUT2D eigenvalue weighted by molar-refractivity contribution is 6.31. The number of dihydropyridines is 2. The molecule has 352 valence electrons. The Morgan fingerprint density at radius 2 is 1.76 bits per heavy atom. The number of allylic oxidation sites excluding steroid dienone is 3. The minimum absolute atomic E-state index is 0.00906. The Bertz CT molecular complexity index is 2520. The van der Waals surface area contributed by atoms with E-state index in [2.05, 4.69) is 20.9 Å². The number of aromatic hydroxyl groups is 1. The van der Waals surface area contributed by atoms with Crippen LogP contribution in [0.1, 0.15) is 61.4 Å². The Labute approximate surface area is 377 Å². The van der Waals surface area contributed by atoms with Gasteiger partial charge in [0.25, 0.3) is 11.8 Å². The number of amides is 2. The first-order valence-corrected chi connectivity index (χ1v) is 20.8. The molecule has 5 aliphatic rings. The summed E-state index contributed by atoms with van der Waals surface area (Å²) in [6.07, 6.45) is 3.05. The average molecular weight is 917 g/mol. The summed E-state index contributed by atoms with van der Waals surface area (Å²) in [5.74, 6) is -8.59. The normalized spacial score (nSPS) is 26.5. The van der Waals surface area contributed by atoms with Crippen LogP contribution in [-0.4, -0.2) is 140 Å². The molecule has 2 aromatic carbocycles. The number of fused-ring (bicyclic) bond motifs is 2. The number of hydrogen-bond acceptors (Lipinski definition) is 19. The van der Waals surface area contributed by atoms with Crippen molar-refractivity contribution in [3.05, 3.63) is 111 Å². The number of aliphatic imine (C=N–C) groups is 1. The second-order valence-corrected chi connectivity index (χ2v) is 16.3. The van der Waals surface area contributed by atoms with E-state index in [0.717, 1.165) is 28.7 Å². The molecule has 0 bridgehead atoms. The van der Waals surface area contributed by atoms with Crippen LogP contribution < -0.4 is 42.6 Å². The molecule has 2 amide bonds. The molecule has 66 heavy (non-hydrogen) atoms. The van der Waals surface area contributed by atoms with Gasteiger partial charge in [0.05, 0.1) is 36.8 Å². The molecular formula is C44H52N8O14. The number of ketones is 2. The third kappa shape index (κ3) is 8.51. The van der Waals surface area contributed by atoms with E-state index in [0.29, 0.717) is 17.6 Å². The summed E-state index contributed by atoms with van der Waals surface area (Å²) < 4.78 is 17.2. The maximum absolute atomic E-state index is 14.8. The Morgan fingerprint density at radius 1 is 1.03 bits per heavy atom. The first kappa shape index (κ1) is 47.3. The molecule has 0 aromatic heterocycles.